The number of hydrogen-bond donors (Lipinski definition) is 1. The van der Waals surface area contributed by atoms with E-state index in [0.29, 0.717) is 6.54 Å². The highest BCUT2D eigenvalue weighted by Gasteiger charge is 2.18. The van der Waals surface area contributed by atoms with Crippen molar-refractivity contribution in [1.82, 2.24) is 15.2 Å². The van der Waals surface area contributed by atoms with E-state index in [9.17, 15) is 4.79 Å². The van der Waals surface area contributed by atoms with Crippen molar-refractivity contribution in [1.29, 1.82) is 0 Å². The number of carbonyl (C=O) groups excluding carboxylic acids is 1. The largest absolute Gasteiger partial charge is 0.336 e. The molecule has 1 aliphatic heterocycles. The van der Waals surface area contributed by atoms with Gasteiger partial charge in [0.25, 0.3) is 0 Å². The van der Waals surface area contributed by atoms with Gasteiger partial charge in [0.05, 0.1) is 0 Å². The Morgan fingerprint density at radius 2 is 2.43 bits per heavy atom. The summed E-state index contributed by atoms with van der Waals surface area (Å²) in [5.41, 5.74) is 2.08. The Morgan fingerprint density at radius 3 is 3.00 bits per heavy atom. The molecular formula is C10H13N3O. The van der Waals surface area contributed by atoms with Crippen LogP contribution in [0.3, 0.4) is 0 Å². The molecule has 1 aromatic rings. The highest BCUT2D eigenvalue weighted by atomic mass is 16.2. The van der Waals surface area contributed by atoms with E-state index in [-0.39, 0.29) is 6.03 Å². The molecule has 0 spiro atoms. The summed E-state index contributed by atoms with van der Waals surface area (Å²) in [6.07, 6.45) is 1.82. The van der Waals surface area contributed by atoms with Crippen LogP contribution in [0.2, 0.25) is 0 Å². The average Bonchev–Trinajstić information content (AvgIpc) is 2.56. The summed E-state index contributed by atoms with van der Waals surface area (Å²) in [5, 5.41) is 2.77. The first kappa shape index (κ1) is 8.99. The van der Waals surface area contributed by atoms with Crippen LogP contribution in [0.25, 0.3) is 0 Å². The monoisotopic (exact) mass is 191 g/mol. The van der Waals surface area contributed by atoms with Gasteiger partial charge in [0.1, 0.15) is 0 Å². The maximum absolute atomic E-state index is 11.2. The van der Waals surface area contributed by atoms with Gasteiger partial charge in [-0.05, 0) is 18.6 Å². The van der Waals surface area contributed by atoms with Crippen LogP contribution in [0, 0.1) is 6.92 Å². The molecule has 2 rings (SSSR count). The standard InChI is InChI=1S/C10H13N3O/c1-8-2-3-9(6-12-8)7-13-5-4-11-10(13)14/h2-3,6H,4-5,7H2,1H3,(H,11,14). The van der Waals surface area contributed by atoms with Crippen LogP contribution in [-0.4, -0.2) is 29.0 Å². The molecule has 0 unspecified atom stereocenters. The first-order valence-electron chi connectivity index (χ1n) is 4.70. The topological polar surface area (TPSA) is 45.2 Å². The lowest BCUT2D eigenvalue weighted by Gasteiger charge is -2.13. The van der Waals surface area contributed by atoms with E-state index < -0.39 is 0 Å². The Labute approximate surface area is 82.9 Å². The minimum atomic E-state index is 0.0191. The Morgan fingerprint density at radius 1 is 1.57 bits per heavy atom. The molecule has 0 bridgehead atoms. The number of carbonyl (C=O) groups is 1. The van der Waals surface area contributed by atoms with Gasteiger partial charge in [-0.3, -0.25) is 4.98 Å². The highest BCUT2D eigenvalue weighted by molar-refractivity contribution is 5.76. The van der Waals surface area contributed by atoms with Crippen LogP contribution < -0.4 is 5.32 Å². The third kappa shape index (κ3) is 1.84. The van der Waals surface area contributed by atoms with E-state index >= 15 is 0 Å². The van der Waals surface area contributed by atoms with Gasteiger partial charge in [0, 0.05) is 31.5 Å². The maximum Gasteiger partial charge on any atom is 0.317 e. The lowest BCUT2D eigenvalue weighted by molar-refractivity contribution is 0.215. The Kier molecular flexibility index (Phi) is 2.35. The van der Waals surface area contributed by atoms with Crippen LogP contribution in [0.1, 0.15) is 11.3 Å². The fraction of sp³-hybridized carbons (Fsp3) is 0.400. The number of nitrogens with zero attached hydrogens (tertiary/aromatic N) is 2. The number of pyridine rings is 1. The summed E-state index contributed by atoms with van der Waals surface area (Å²) in [7, 11) is 0. The second-order valence-electron chi connectivity index (χ2n) is 3.46. The van der Waals surface area contributed by atoms with Gasteiger partial charge in [-0.25, -0.2) is 4.79 Å². The van der Waals surface area contributed by atoms with E-state index in [2.05, 4.69) is 10.3 Å². The van der Waals surface area contributed by atoms with Gasteiger partial charge >= 0.3 is 6.03 Å². The number of hydrogen-bond acceptors (Lipinski definition) is 2. The summed E-state index contributed by atoms with van der Waals surface area (Å²) in [6, 6.07) is 3.99. The van der Waals surface area contributed by atoms with Crippen LogP contribution >= 0.6 is 0 Å². The first-order chi connectivity index (χ1) is 6.75. The molecule has 1 N–H and O–H groups in total. The van der Waals surface area contributed by atoms with Gasteiger partial charge in [-0.15, -0.1) is 0 Å². The summed E-state index contributed by atoms with van der Waals surface area (Å²) < 4.78 is 0. The minimum Gasteiger partial charge on any atom is -0.336 e. The van der Waals surface area contributed by atoms with Gasteiger partial charge in [0.2, 0.25) is 0 Å². The summed E-state index contributed by atoms with van der Waals surface area (Å²) in [6.45, 7) is 4.14. The maximum atomic E-state index is 11.2. The normalized spacial score (nSPS) is 15.8. The highest BCUT2D eigenvalue weighted by Crippen LogP contribution is 2.06. The SMILES string of the molecule is Cc1ccc(CN2CCNC2=O)cn1. The zero-order valence-electron chi connectivity index (χ0n) is 8.16. The Balaban J connectivity index is 2.03. The molecule has 0 radical (unpaired) electrons. The molecule has 1 aromatic heterocycles. The van der Waals surface area contributed by atoms with Crippen molar-refractivity contribution in [3.05, 3.63) is 29.6 Å². The molecule has 0 atom stereocenters. The second kappa shape index (κ2) is 3.65. The number of rotatable bonds is 2. The quantitative estimate of drug-likeness (QED) is 0.755. The summed E-state index contributed by atoms with van der Waals surface area (Å²) in [5.74, 6) is 0. The van der Waals surface area contributed by atoms with Gasteiger partial charge in [0.15, 0.2) is 0 Å². The van der Waals surface area contributed by atoms with E-state index in [1.54, 1.807) is 4.90 Å². The number of amides is 2. The zero-order valence-corrected chi connectivity index (χ0v) is 8.16. The number of aromatic nitrogens is 1. The average molecular weight is 191 g/mol. The molecule has 4 heteroatoms. The molecule has 1 fully saturated rings. The number of urea groups is 1. The molecular weight excluding hydrogens is 178 g/mol. The predicted octanol–water partition coefficient (Wildman–Crippen LogP) is 0.915. The fourth-order valence-electron chi connectivity index (χ4n) is 1.47. The molecule has 1 saturated heterocycles. The van der Waals surface area contributed by atoms with Crippen LogP contribution in [0.4, 0.5) is 4.79 Å². The van der Waals surface area contributed by atoms with Gasteiger partial charge in [-0.1, -0.05) is 6.07 Å². The van der Waals surface area contributed by atoms with Crippen molar-refractivity contribution in [3.8, 4) is 0 Å². The third-order valence-corrected chi connectivity index (χ3v) is 2.29. The molecule has 4 nitrogen and oxygen atoms in total. The van der Waals surface area contributed by atoms with Crippen LogP contribution in [0.15, 0.2) is 18.3 Å². The van der Waals surface area contributed by atoms with Gasteiger partial charge in [-0.2, -0.15) is 0 Å². The van der Waals surface area contributed by atoms with Crippen LogP contribution in [-0.2, 0) is 6.54 Å². The van der Waals surface area contributed by atoms with E-state index in [1.807, 2.05) is 25.3 Å². The summed E-state index contributed by atoms with van der Waals surface area (Å²) >= 11 is 0. The molecule has 74 valence electrons. The Hall–Kier alpha value is -1.58. The first-order valence-corrected chi connectivity index (χ1v) is 4.70. The van der Waals surface area contributed by atoms with Crippen molar-refractivity contribution in [2.24, 2.45) is 0 Å². The predicted molar refractivity (Wildman–Crippen MR) is 52.8 cm³/mol. The lowest BCUT2D eigenvalue weighted by atomic mass is 10.2. The van der Waals surface area contributed by atoms with Crippen LogP contribution in [0.5, 0.6) is 0 Å². The zero-order chi connectivity index (χ0) is 9.97. The molecule has 0 saturated carbocycles. The fourth-order valence-corrected chi connectivity index (χ4v) is 1.47. The second-order valence-corrected chi connectivity index (χ2v) is 3.46. The van der Waals surface area contributed by atoms with Crippen molar-refractivity contribution in [2.75, 3.05) is 13.1 Å². The molecule has 2 heterocycles. The number of nitrogens with one attached hydrogen (secondary N) is 1. The number of aryl methyl sites for hydroxylation is 1. The smallest absolute Gasteiger partial charge is 0.317 e. The van der Waals surface area contributed by atoms with E-state index in [4.69, 9.17) is 0 Å². The lowest BCUT2D eigenvalue weighted by Crippen LogP contribution is -2.27. The van der Waals surface area contributed by atoms with Crippen molar-refractivity contribution in [3.63, 3.8) is 0 Å². The van der Waals surface area contributed by atoms with Crippen molar-refractivity contribution >= 4 is 6.03 Å². The van der Waals surface area contributed by atoms with Crippen molar-refractivity contribution in [2.45, 2.75) is 13.5 Å². The molecule has 14 heavy (non-hydrogen) atoms. The molecule has 2 amide bonds. The minimum absolute atomic E-state index is 0.0191. The van der Waals surface area contributed by atoms with E-state index in [1.165, 1.54) is 0 Å². The van der Waals surface area contributed by atoms with Crippen molar-refractivity contribution < 1.29 is 4.79 Å². The Bertz CT molecular complexity index is 334. The summed E-state index contributed by atoms with van der Waals surface area (Å²) in [4.78, 5) is 17.2. The molecule has 0 aliphatic carbocycles. The molecule has 1 aliphatic rings. The van der Waals surface area contributed by atoms with Gasteiger partial charge < -0.3 is 10.2 Å². The third-order valence-electron chi connectivity index (χ3n) is 2.29. The van der Waals surface area contributed by atoms with E-state index in [0.717, 1.165) is 24.3 Å². The molecule has 0 aromatic carbocycles.